The normalized spacial score (nSPS) is 12.0. The molecular weight excluding hydrogens is 551 g/mol. The maximum Gasteiger partial charge on any atom is 0.296 e. The first kappa shape index (κ1) is 26.2. The Kier molecular flexibility index (Phi) is 7.53. The van der Waals surface area contributed by atoms with Gasteiger partial charge in [-0.15, -0.1) is 0 Å². The molecule has 0 aliphatic carbocycles. The number of aromatic nitrogens is 3. The molecule has 0 spiro atoms. The summed E-state index contributed by atoms with van der Waals surface area (Å²) in [5.41, 5.74) is -0.666. The number of nitrogens with zero attached hydrogens (tertiary/aromatic N) is 4. The molecule has 1 aromatic heterocycles. The van der Waals surface area contributed by atoms with Crippen LogP contribution >= 0.6 is 23.2 Å². The summed E-state index contributed by atoms with van der Waals surface area (Å²) in [4.78, 5) is 20.0. The molecule has 184 valence electrons. The predicted molar refractivity (Wildman–Crippen MR) is 125 cm³/mol. The van der Waals surface area contributed by atoms with E-state index >= 15 is 0 Å². The Morgan fingerprint density at radius 1 is 0.914 bits per heavy atom. The number of halogens is 2. The van der Waals surface area contributed by atoms with Gasteiger partial charge in [0.1, 0.15) is 9.79 Å². The molecule has 0 saturated heterocycles. The van der Waals surface area contributed by atoms with Crippen LogP contribution < -0.4 is 10.6 Å². The van der Waals surface area contributed by atoms with Crippen LogP contribution in [0.2, 0.25) is 10.6 Å². The van der Waals surface area contributed by atoms with E-state index in [0.717, 1.165) is 30.5 Å². The summed E-state index contributed by atoms with van der Waals surface area (Å²) in [6.45, 7) is 0. The molecule has 4 N–H and O–H groups in total. The lowest BCUT2D eigenvalue weighted by molar-refractivity contribution is -0.385. The highest BCUT2D eigenvalue weighted by Gasteiger charge is 2.20. The second kappa shape index (κ2) is 10.1. The molecule has 0 saturated carbocycles. The third-order valence-corrected chi connectivity index (χ3v) is 6.24. The van der Waals surface area contributed by atoms with Crippen LogP contribution in [0.5, 0.6) is 0 Å². The van der Waals surface area contributed by atoms with Crippen LogP contribution in [-0.2, 0) is 20.2 Å². The van der Waals surface area contributed by atoms with Crippen molar-refractivity contribution in [1.29, 1.82) is 0 Å². The summed E-state index contributed by atoms with van der Waals surface area (Å²) in [7, 11) is -9.53. The Balaban J connectivity index is 1.97. The van der Waals surface area contributed by atoms with Crippen LogP contribution in [0.3, 0.4) is 0 Å². The van der Waals surface area contributed by atoms with Crippen molar-refractivity contribution in [2.45, 2.75) is 9.79 Å². The molecule has 1 heterocycles. The molecule has 0 atom stereocenters. The molecule has 0 fully saturated rings. The van der Waals surface area contributed by atoms with Gasteiger partial charge >= 0.3 is 0 Å². The van der Waals surface area contributed by atoms with Gasteiger partial charge in [-0.25, -0.2) is 0 Å². The van der Waals surface area contributed by atoms with Gasteiger partial charge in [-0.2, -0.15) is 31.8 Å². The molecule has 14 nitrogen and oxygen atoms in total. The molecule has 35 heavy (non-hydrogen) atoms. The standard InChI is InChI=1S/C17H12Cl2N6O8S2/c18-15-22-16(19)24-17(23-15)21-10-1-4-13(34(28,29)30)9(7-10)5-6-20-12-3-2-11(25(26)27)8-14(12)35(31,32)33/h1-8,20H,(H,28,29,30)(H,31,32,33)(H,21,22,23,24). The minimum atomic E-state index is -4.85. The molecule has 0 amide bonds. The monoisotopic (exact) mass is 562 g/mol. The number of nitrogens with one attached hydrogen (secondary N) is 2. The van der Waals surface area contributed by atoms with Gasteiger partial charge in [0.2, 0.25) is 16.5 Å². The highest BCUT2D eigenvalue weighted by atomic mass is 35.5. The van der Waals surface area contributed by atoms with Crippen LogP contribution in [0.25, 0.3) is 6.08 Å². The molecule has 3 aromatic rings. The van der Waals surface area contributed by atoms with E-state index in [2.05, 4.69) is 25.6 Å². The fourth-order valence-electron chi connectivity index (χ4n) is 2.68. The van der Waals surface area contributed by atoms with Crippen LogP contribution in [0.1, 0.15) is 5.56 Å². The van der Waals surface area contributed by atoms with Crippen LogP contribution in [-0.4, -0.2) is 45.8 Å². The maximum atomic E-state index is 11.8. The zero-order valence-corrected chi connectivity index (χ0v) is 20.0. The number of nitro groups is 1. The van der Waals surface area contributed by atoms with Crippen LogP contribution in [0.15, 0.2) is 52.4 Å². The largest absolute Gasteiger partial charge is 0.361 e. The number of hydrogen-bond donors (Lipinski definition) is 4. The smallest absolute Gasteiger partial charge is 0.296 e. The fraction of sp³-hybridized carbons (Fsp3) is 0. The van der Waals surface area contributed by atoms with Gasteiger partial charge in [0.25, 0.3) is 25.9 Å². The van der Waals surface area contributed by atoms with Crippen LogP contribution in [0, 0.1) is 10.1 Å². The first-order valence-corrected chi connectivity index (χ1v) is 12.5. The van der Waals surface area contributed by atoms with Gasteiger partial charge in [-0.05, 0) is 59.1 Å². The van der Waals surface area contributed by atoms with Gasteiger partial charge in [-0.1, -0.05) is 0 Å². The minimum Gasteiger partial charge on any atom is -0.361 e. The Morgan fingerprint density at radius 3 is 2.11 bits per heavy atom. The van der Waals surface area contributed by atoms with Crippen molar-refractivity contribution in [2.24, 2.45) is 0 Å². The molecule has 0 bridgehead atoms. The molecule has 18 heteroatoms. The second-order valence-electron chi connectivity index (χ2n) is 6.44. The highest BCUT2D eigenvalue weighted by molar-refractivity contribution is 7.86. The van der Waals surface area contributed by atoms with Crippen LogP contribution in [0.4, 0.5) is 23.0 Å². The summed E-state index contributed by atoms with van der Waals surface area (Å²) in [5.74, 6) is -0.0636. The predicted octanol–water partition coefficient (Wildman–Crippen LogP) is 3.41. The van der Waals surface area contributed by atoms with Crippen molar-refractivity contribution >= 4 is 72.5 Å². The summed E-state index contributed by atoms with van der Waals surface area (Å²) in [6.07, 6.45) is 2.23. The van der Waals surface area contributed by atoms with Gasteiger partial charge in [0.15, 0.2) is 0 Å². The lowest BCUT2D eigenvalue weighted by atomic mass is 10.2. The van der Waals surface area contributed by atoms with E-state index < -0.39 is 40.6 Å². The molecule has 2 aromatic carbocycles. The van der Waals surface area contributed by atoms with Gasteiger partial charge < -0.3 is 10.6 Å². The number of non-ortho nitro benzene ring substituents is 1. The summed E-state index contributed by atoms with van der Waals surface area (Å²) in [5, 5.41) is 15.7. The van der Waals surface area contributed by atoms with E-state index in [1.54, 1.807) is 0 Å². The lowest BCUT2D eigenvalue weighted by Gasteiger charge is -2.10. The molecular formula is C17H12Cl2N6O8S2. The Hall–Kier alpha value is -3.41. The number of anilines is 3. The van der Waals surface area contributed by atoms with Gasteiger partial charge in [0.05, 0.1) is 10.6 Å². The number of hydrogen-bond acceptors (Lipinski definition) is 11. The Bertz CT molecular complexity index is 1540. The lowest BCUT2D eigenvalue weighted by Crippen LogP contribution is -2.05. The van der Waals surface area contributed by atoms with Crippen molar-refractivity contribution in [3.63, 3.8) is 0 Å². The van der Waals surface area contributed by atoms with E-state index in [-0.39, 0.29) is 33.5 Å². The van der Waals surface area contributed by atoms with E-state index in [1.165, 1.54) is 12.1 Å². The van der Waals surface area contributed by atoms with Crippen molar-refractivity contribution in [3.8, 4) is 0 Å². The molecule has 0 unspecified atom stereocenters. The SMILES string of the molecule is O=[N+]([O-])c1ccc(NC=Cc2cc(Nc3nc(Cl)nc(Cl)n3)ccc2S(=O)(=O)O)c(S(=O)(=O)O)c1. The first-order valence-electron chi connectivity index (χ1n) is 8.89. The summed E-state index contributed by atoms with van der Waals surface area (Å²) in [6, 6.07) is 6.28. The molecule has 0 radical (unpaired) electrons. The molecule has 0 aliphatic rings. The van der Waals surface area contributed by atoms with E-state index in [0.29, 0.717) is 6.07 Å². The van der Waals surface area contributed by atoms with Gasteiger partial charge in [0, 0.05) is 24.0 Å². The Labute approximate surface area is 207 Å². The van der Waals surface area contributed by atoms with E-state index in [1.807, 2.05) is 0 Å². The van der Waals surface area contributed by atoms with Crippen molar-refractivity contribution in [2.75, 3.05) is 10.6 Å². The third kappa shape index (κ3) is 6.81. The van der Waals surface area contributed by atoms with E-state index in [9.17, 15) is 36.1 Å². The topological polar surface area (TPSA) is 215 Å². The number of benzene rings is 2. The van der Waals surface area contributed by atoms with Gasteiger partial charge in [-0.3, -0.25) is 19.2 Å². The molecule has 3 rings (SSSR count). The van der Waals surface area contributed by atoms with Crippen molar-refractivity contribution in [1.82, 2.24) is 15.0 Å². The fourth-order valence-corrected chi connectivity index (χ4v) is 4.38. The zero-order valence-electron chi connectivity index (χ0n) is 16.8. The quantitative estimate of drug-likeness (QED) is 0.176. The highest BCUT2D eigenvalue weighted by Crippen LogP contribution is 2.27. The number of rotatable bonds is 8. The average Bonchev–Trinajstić information content (AvgIpc) is 2.71. The first-order chi connectivity index (χ1) is 16.2. The summed E-state index contributed by atoms with van der Waals surface area (Å²) >= 11 is 11.4. The van der Waals surface area contributed by atoms with E-state index in [4.69, 9.17) is 23.2 Å². The number of nitro benzene ring substituents is 1. The molecule has 0 aliphatic heterocycles. The minimum absolute atomic E-state index is 0.0636. The Morgan fingerprint density at radius 2 is 1.54 bits per heavy atom. The summed E-state index contributed by atoms with van der Waals surface area (Å²) < 4.78 is 65.7. The zero-order chi connectivity index (χ0) is 26.0. The maximum absolute atomic E-state index is 11.8. The third-order valence-electron chi connectivity index (χ3n) is 4.08. The second-order valence-corrected chi connectivity index (χ2v) is 9.90. The van der Waals surface area contributed by atoms with Crippen molar-refractivity contribution < 1.29 is 30.9 Å². The van der Waals surface area contributed by atoms with Crippen molar-refractivity contribution in [3.05, 3.63) is 68.8 Å². The average molecular weight is 563 g/mol.